The van der Waals surface area contributed by atoms with E-state index in [-0.39, 0.29) is 16.8 Å². The zero-order valence-electron chi connectivity index (χ0n) is 17.5. The van der Waals surface area contributed by atoms with Crippen molar-refractivity contribution in [3.63, 3.8) is 0 Å². The molecular formula is C23H19FN4O5. The quantitative estimate of drug-likeness (QED) is 0.365. The summed E-state index contributed by atoms with van der Waals surface area (Å²) in [4.78, 5) is 28.5. The first kappa shape index (κ1) is 20.6. The highest BCUT2D eigenvalue weighted by Crippen LogP contribution is 2.46. The third kappa shape index (κ3) is 3.45. The van der Waals surface area contributed by atoms with Crippen LogP contribution in [0.15, 0.2) is 54.0 Å². The Labute approximate surface area is 186 Å². The maximum atomic E-state index is 15.2. The average molecular weight is 450 g/mol. The number of hydrogen-bond acceptors (Lipinski definition) is 6. The van der Waals surface area contributed by atoms with E-state index in [1.165, 1.54) is 13.3 Å². The standard InChI is InChI=1S/C23H19FN4O5/c1-32-13-3-4-17-18(9-13)33-22-19(26-5-2-7-27-8-6-25-12-27)16(24)10-14-20(22)28(17)11-15(21(14)29)23(30)31/h3-4,6,8-12,26H,2,5,7H2,1H3,(H,30,31). The number of hydrogen-bond donors (Lipinski definition) is 2. The summed E-state index contributed by atoms with van der Waals surface area (Å²) in [6.07, 6.45) is 7.15. The van der Waals surface area contributed by atoms with E-state index in [1.54, 1.807) is 35.3 Å². The molecule has 1 aliphatic rings. The van der Waals surface area contributed by atoms with Gasteiger partial charge in [0, 0.05) is 37.7 Å². The molecule has 0 amide bonds. The number of imidazole rings is 1. The summed E-state index contributed by atoms with van der Waals surface area (Å²) >= 11 is 0. The number of benzene rings is 2. The molecule has 0 aliphatic carbocycles. The number of ether oxygens (including phenoxy) is 2. The van der Waals surface area contributed by atoms with E-state index in [0.717, 1.165) is 6.07 Å². The molecule has 0 radical (unpaired) electrons. The van der Waals surface area contributed by atoms with Gasteiger partial charge in [-0.05, 0) is 24.6 Å². The summed E-state index contributed by atoms with van der Waals surface area (Å²) in [7, 11) is 1.51. The second kappa shape index (κ2) is 7.97. The number of anilines is 1. The number of carboxylic acid groups (broad SMARTS) is 1. The van der Waals surface area contributed by atoms with Gasteiger partial charge in [-0.15, -0.1) is 0 Å². The third-order valence-electron chi connectivity index (χ3n) is 5.52. The third-order valence-corrected chi connectivity index (χ3v) is 5.52. The van der Waals surface area contributed by atoms with Crippen LogP contribution in [0, 0.1) is 5.82 Å². The molecule has 4 aromatic rings. The normalized spacial score (nSPS) is 11.7. The molecule has 0 saturated heterocycles. The number of aromatic nitrogens is 3. The molecule has 10 heteroatoms. The van der Waals surface area contributed by atoms with Crippen molar-refractivity contribution in [1.29, 1.82) is 0 Å². The second-order valence-electron chi connectivity index (χ2n) is 7.52. The Morgan fingerprint density at radius 3 is 2.91 bits per heavy atom. The lowest BCUT2D eigenvalue weighted by Gasteiger charge is -2.26. The summed E-state index contributed by atoms with van der Waals surface area (Å²) in [6.45, 7) is 1.12. The number of carboxylic acids is 1. The van der Waals surface area contributed by atoms with Crippen molar-refractivity contribution in [2.75, 3.05) is 19.0 Å². The number of aromatic carboxylic acids is 1. The summed E-state index contributed by atoms with van der Waals surface area (Å²) in [6, 6.07) is 6.06. The van der Waals surface area contributed by atoms with Crippen LogP contribution in [-0.4, -0.2) is 38.8 Å². The van der Waals surface area contributed by atoms with Crippen LogP contribution in [0.1, 0.15) is 16.8 Å². The molecule has 2 aromatic heterocycles. The maximum absolute atomic E-state index is 15.2. The fraction of sp³-hybridized carbons (Fsp3) is 0.174. The summed E-state index contributed by atoms with van der Waals surface area (Å²) < 4.78 is 30.0. The number of pyridine rings is 1. The van der Waals surface area contributed by atoms with E-state index in [4.69, 9.17) is 9.47 Å². The van der Waals surface area contributed by atoms with Crippen molar-refractivity contribution in [3.05, 3.63) is 70.8 Å². The molecule has 2 aromatic carbocycles. The van der Waals surface area contributed by atoms with Gasteiger partial charge in [-0.3, -0.25) is 4.79 Å². The number of methoxy groups -OCH3 is 1. The second-order valence-corrected chi connectivity index (χ2v) is 7.52. The minimum Gasteiger partial charge on any atom is -0.497 e. The van der Waals surface area contributed by atoms with Crippen LogP contribution in [0.25, 0.3) is 16.6 Å². The van der Waals surface area contributed by atoms with Crippen molar-refractivity contribution in [1.82, 2.24) is 14.1 Å². The molecule has 9 nitrogen and oxygen atoms in total. The number of carbonyl (C=O) groups is 1. The molecule has 0 spiro atoms. The van der Waals surface area contributed by atoms with Crippen LogP contribution < -0.4 is 20.2 Å². The van der Waals surface area contributed by atoms with Gasteiger partial charge < -0.3 is 29.0 Å². The zero-order chi connectivity index (χ0) is 23.1. The molecule has 0 fully saturated rings. The van der Waals surface area contributed by atoms with Crippen LogP contribution >= 0.6 is 0 Å². The van der Waals surface area contributed by atoms with E-state index in [2.05, 4.69) is 10.3 Å². The first-order valence-electron chi connectivity index (χ1n) is 10.2. The number of nitrogens with one attached hydrogen (secondary N) is 1. The topological polar surface area (TPSA) is 108 Å². The first-order valence-corrected chi connectivity index (χ1v) is 10.2. The van der Waals surface area contributed by atoms with Gasteiger partial charge in [-0.1, -0.05) is 0 Å². The fourth-order valence-electron chi connectivity index (χ4n) is 3.94. The highest BCUT2D eigenvalue weighted by Gasteiger charge is 2.28. The van der Waals surface area contributed by atoms with Crippen LogP contribution in [0.4, 0.5) is 10.1 Å². The summed E-state index contributed by atoms with van der Waals surface area (Å²) in [5.41, 5.74) is -0.342. The molecule has 0 saturated carbocycles. The van der Waals surface area contributed by atoms with Crippen LogP contribution in [-0.2, 0) is 6.54 Å². The largest absolute Gasteiger partial charge is 0.497 e. The lowest BCUT2D eigenvalue weighted by atomic mass is 10.1. The Morgan fingerprint density at radius 2 is 2.18 bits per heavy atom. The van der Waals surface area contributed by atoms with E-state index in [1.807, 2.05) is 10.8 Å². The van der Waals surface area contributed by atoms with Gasteiger partial charge >= 0.3 is 5.97 Å². The predicted molar refractivity (Wildman–Crippen MR) is 118 cm³/mol. The SMILES string of the molecule is COc1ccc2c(c1)Oc1c(NCCCn3ccnc3)c(F)cc3c(=O)c(C(=O)O)cn-2c13. The van der Waals surface area contributed by atoms with Crippen LogP contribution in [0.5, 0.6) is 17.2 Å². The molecule has 2 N–H and O–H groups in total. The molecule has 0 bridgehead atoms. The summed E-state index contributed by atoms with van der Waals surface area (Å²) in [5.74, 6) is -1.13. The lowest BCUT2D eigenvalue weighted by Crippen LogP contribution is -2.21. The first-order chi connectivity index (χ1) is 16.0. The number of aryl methyl sites for hydroxylation is 1. The van der Waals surface area contributed by atoms with E-state index < -0.39 is 22.8 Å². The molecule has 0 atom stereocenters. The zero-order valence-corrected chi connectivity index (χ0v) is 17.5. The van der Waals surface area contributed by atoms with E-state index in [9.17, 15) is 14.7 Å². The van der Waals surface area contributed by atoms with Crippen molar-refractivity contribution >= 4 is 22.6 Å². The molecule has 5 rings (SSSR count). The highest BCUT2D eigenvalue weighted by atomic mass is 19.1. The highest BCUT2D eigenvalue weighted by molar-refractivity contribution is 5.98. The molecule has 1 aliphatic heterocycles. The van der Waals surface area contributed by atoms with Crippen molar-refractivity contribution in [2.45, 2.75) is 13.0 Å². The predicted octanol–water partition coefficient (Wildman–Crippen LogP) is 3.64. The Morgan fingerprint density at radius 1 is 1.33 bits per heavy atom. The minimum absolute atomic E-state index is 0.0761. The Bertz CT molecular complexity index is 1450. The number of fused-ring (bicyclic) bond motifs is 2. The lowest BCUT2D eigenvalue weighted by molar-refractivity contribution is 0.0695. The van der Waals surface area contributed by atoms with E-state index in [0.29, 0.717) is 42.2 Å². The number of nitrogens with zero attached hydrogens (tertiary/aromatic N) is 3. The Kier molecular flexibility index (Phi) is 4.97. The van der Waals surface area contributed by atoms with Crippen molar-refractivity contribution in [3.8, 4) is 22.9 Å². The Hall–Kier alpha value is -4.34. The van der Waals surface area contributed by atoms with Crippen molar-refractivity contribution in [2.24, 2.45) is 0 Å². The molecule has 3 heterocycles. The van der Waals surface area contributed by atoms with Gasteiger partial charge in [0.2, 0.25) is 5.43 Å². The molecular weight excluding hydrogens is 431 g/mol. The average Bonchev–Trinajstić information content (AvgIpc) is 3.32. The fourth-order valence-corrected chi connectivity index (χ4v) is 3.94. The van der Waals surface area contributed by atoms with Gasteiger partial charge in [0.05, 0.1) is 24.5 Å². The maximum Gasteiger partial charge on any atom is 0.341 e. The van der Waals surface area contributed by atoms with Crippen LogP contribution in [0.3, 0.4) is 0 Å². The minimum atomic E-state index is -1.39. The van der Waals surface area contributed by atoms with Gasteiger partial charge in [-0.2, -0.15) is 0 Å². The number of halogens is 1. The monoisotopic (exact) mass is 450 g/mol. The molecule has 168 valence electrons. The van der Waals surface area contributed by atoms with E-state index >= 15 is 4.39 Å². The molecule has 0 unspecified atom stereocenters. The van der Waals surface area contributed by atoms with Gasteiger partial charge in [0.15, 0.2) is 17.3 Å². The number of rotatable bonds is 7. The smallest absolute Gasteiger partial charge is 0.341 e. The Balaban J connectivity index is 1.64. The van der Waals surface area contributed by atoms with Gasteiger partial charge in [0.1, 0.15) is 22.5 Å². The van der Waals surface area contributed by atoms with Gasteiger partial charge in [0.25, 0.3) is 0 Å². The van der Waals surface area contributed by atoms with Crippen LogP contribution in [0.2, 0.25) is 0 Å². The van der Waals surface area contributed by atoms with Crippen molar-refractivity contribution < 1.29 is 23.8 Å². The van der Waals surface area contributed by atoms with Gasteiger partial charge in [-0.25, -0.2) is 14.2 Å². The summed E-state index contributed by atoms with van der Waals surface area (Å²) in [5, 5.41) is 12.5. The molecule has 33 heavy (non-hydrogen) atoms.